The summed E-state index contributed by atoms with van der Waals surface area (Å²) >= 11 is 8.11. The number of hydrogen-bond acceptors (Lipinski definition) is 6. The smallest absolute Gasteiger partial charge is 0.172 e. The van der Waals surface area contributed by atoms with Crippen LogP contribution in [0, 0.1) is 11.3 Å². The molecule has 1 saturated heterocycles. The number of imidazole rings is 1. The number of likely N-dealkylation sites (tertiary alicyclic amines) is 1. The summed E-state index contributed by atoms with van der Waals surface area (Å²) in [5.74, 6) is 0. The second-order valence-corrected chi connectivity index (χ2v) is 10.6. The van der Waals surface area contributed by atoms with E-state index in [1.165, 1.54) is 44.1 Å². The van der Waals surface area contributed by atoms with E-state index < -0.39 is 0 Å². The predicted molar refractivity (Wildman–Crippen MR) is 152 cm³/mol. The molecule has 8 heteroatoms. The Morgan fingerprint density at radius 3 is 2.76 bits per heavy atom. The van der Waals surface area contributed by atoms with E-state index in [0.717, 1.165) is 50.9 Å². The second kappa shape index (κ2) is 11.8. The molecule has 0 aliphatic carbocycles. The van der Waals surface area contributed by atoms with Crippen LogP contribution in [0.1, 0.15) is 36.8 Å². The van der Waals surface area contributed by atoms with E-state index in [-0.39, 0.29) is 0 Å². The summed E-state index contributed by atoms with van der Waals surface area (Å²) in [5, 5.41) is 15.5. The Morgan fingerprint density at radius 2 is 2.00 bits per heavy atom. The van der Waals surface area contributed by atoms with Crippen molar-refractivity contribution < 1.29 is 0 Å². The van der Waals surface area contributed by atoms with Crippen molar-refractivity contribution in [2.24, 2.45) is 7.05 Å². The lowest BCUT2D eigenvalue weighted by atomic mass is 10.1. The Bertz CT molecular complexity index is 1470. The van der Waals surface area contributed by atoms with Crippen molar-refractivity contribution in [2.45, 2.75) is 35.7 Å². The van der Waals surface area contributed by atoms with Crippen LogP contribution in [-0.4, -0.2) is 39.1 Å². The summed E-state index contributed by atoms with van der Waals surface area (Å²) in [4.78, 5) is 12.4. The van der Waals surface area contributed by atoms with Gasteiger partial charge in [0, 0.05) is 48.2 Å². The maximum atomic E-state index is 9.75. The van der Waals surface area contributed by atoms with Crippen LogP contribution in [0.3, 0.4) is 0 Å². The summed E-state index contributed by atoms with van der Waals surface area (Å²) < 4.78 is 1.95. The van der Waals surface area contributed by atoms with Gasteiger partial charge in [-0.25, -0.2) is 4.98 Å². The second-order valence-electron chi connectivity index (χ2n) is 9.22. The molecule has 0 bridgehead atoms. The maximum Gasteiger partial charge on any atom is 0.172 e. The quantitative estimate of drug-likeness (QED) is 0.259. The molecule has 37 heavy (non-hydrogen) atoms. The Balaban J connectivity index is 1.33. The molecule has 0 saturated carbocycles. The predicted octanol–water partition coefficient (Wildman–Crippen LogP) is 7.28. The number of aryl methyl sites for hydroxylation is 1. The molecular formula is C29H29ClN6S. The third kappa shape index (κ3) is 6.16. The highest BCUT2D eigenvalue weighted by atomic mass is 35.5. The molecule has 0 atom stereocenters. The van der Waals surface area contributed by atoms with Crippen molar-refractivity contribution in [3.05, 3.63) is 77.2 Å². The van der Waals surface area contributed by atoms with Crippen LogP contribution in [0.15, 0.2) is 71.1 Å². The highest BCUT2D eigenvalue weighted by molar-refractivity contribution is 7.99. The van der Waals surface area contributed by atoms with Crippen molar-refractivity contribution >= 4 is 51.7 Å². The minimum atomic E-state index is 0.486. The Morgan fingerprint density at radius 1 is 1.14 bits per heavy atom. The molecule has 6 nitrogen and oxygen atoms in total. The number of piperidine rings is 1. The Hall–Kier alpha value is -3.31. The van der Waals surface area contributed by atoms with Crippen molar-refractivity contribution in [1.82, 2.24) is 19.4 Å². The van der Waals surface area contributed by atoms with Crippen LogP contribution in [0.2, 0.25) is 5.02 Å². The zero-order valence-corrected chi connectivity index (χ0v) is 22.4. The monoisotopic (exact) mass is 528 g/mol. The zero-order valence-electron chi connectivity index (χ0n) is 20.8. The third-order valence-corrected chi connectivity index (χ3v) is 8.14. The number of nitriles is 1. The minimum absolute atomic E-state index is 0.486. The van der Waals surface area contributed by atoms with E-state index in [1.54, 1.807) is 12.4 Å². The maximum absolute atomic E-state index is 9.75. The van der Waals surface area contributed by atoms with Crippen LogP contribution >= 0.6 is 23.4 Å². The van der Waals surface area contributed by atoms with Crippen molar-refractivity contribution in [2.75, 3.05) is 25.0 Å². The van der Waals surface area contributed by atoms with Gasteiger partial charge < -0.3 is 14.8 Å². The van der Waals surface area contributed by atoms with Gasteiger partial charge in [-0.1, -0.05) is 54.1 Å². The molecule has 0 amide bonds. The number of benzene rings is 2. The van der Waals surface area contributed by atoms with Crippen molar-refractivity contribution in [1.29, 1.82) is 5.26 Å². The van der Waals surface area contributed by atoms with Crippen LogP contribution in [0.5, 0.6) is 0 Å². The molecule has 1 N–H and O–H groups in total. The van der Waals surface area contributed by atoms with Gasteiger partial charge in [0.25, 0.3) is 0 Å². The molecule has 3 heterocycles. The molecular weight excluding hydrogens is 500 g/mol. The minimum Gasteiger partial charge on any atom is -0.354 e. The molecule has 5 rings (SSSR count). The summed E-state index contributed by atoms with van der Waals surface area (Å²) in [6.07, 6.45) is 14.7. The average molecular weight is 529 g/mol. The van der Waals surface area contributed by atoms with E-state index in [4.69, 9.17) is 11.6 Å². The van der Waals surface area contributed by atoms with Gasteiger partial charge in [0.1, 0.15) is 6.07 Å². The molecule has 188 valence electrons. The standard InChI is InChI=1S/C29H29ClN6S/c1-35-16-12-32-29(35)37-27-11-9-23(18-25(27)30)34-28-22(19-31)20-33-26-17-21(8-10-24(26)28)7-3-6-15-36-13-4-2-5-14-36/h3,7-12,16-18,20H,2,4-6,13-15H2,1H3,(H,33,34). The Labute approximate surface area is 227 Å². The lowest BCUT2D eigenvalue weighted by Crippen LogP contribution is -2.30. The van der Waals surface area contributed by atoms with Gasteiger partial charge in [0.15, 0.2) is 5.16 Å². The fourth-order valence-corrected chi connectivity index (χ4v) is 5.65. The largest absolute Gasteiger partial charge is 0.354 e. The number of pyridine rings is 1. The van der Waals surface area contributed by atoms with Crippen molar-refractivity contribution in [3.63, 3.8) is 0 Å². The molecule has 1 fully saturated rings. The van der Waals surface area contributed by atoms with Gasteiger partial charge in [-0.05, 0) is 62.2 Å². The molecule has 0 unspecified atom stereocenters. The number of rotatable bonds is 8. The zero-order chi connectivity index (χ0) is 25.6. The number of fused-ring (bicyclic) bond motifs is 1. The lowest BCUT2D eigenvalue weighted by Gasteiger charge is -2.25. The van der Waals surface area contributed by atoms with Crippen molar-refractivity contribution in [3.8, 4) is 6.07 Å². The first-order valence-corrected chi connectivity index (χ1v) is 13.7. The molecule has 4 aromatic rings. The Kier molecular flexibility index (Phi) is 8.10. The first-order chi connectivity index (χ1) is 18.1. The fourth-order valence-electron chi connectivity index (χ4n) is 4.55. The van der Waals surface area contributed by atoms with Gasteiger partial charge in [-0.2, -0.15) is 5.26 Å². The topological polar surface area (TPSA) is 69.8 Å². The van der Waals surface area contributed by atoms with E-state index in [0.29, 0.717) is 10.6 Å². The summed E-state index contributed by atoms with van der Waals surface area (Å²) in [7, 11) is 1.95. The number of nitrogens with zero attached hydrogens (tertiary/aromatic N) is 5. The van der Waals surface area contributed by atoms with Crippen LogP contribution in [0.4, 0.5) is 11.4 Å². The van der Waals surface area contributed by atoms with Gasteiger partial charge in [-0.15, -0.1) is 0 Å². The molecule has 1 aliphatic rings. The van der Waals surface area contributed by atoms with E-state index in [1.807, 2.05) is 42.1 Å². The number of halogens is 1. The normalized spacial score (nSPS) is 14.3. The van der Waals surface area contributed by atoms with E-state index in [2.05, 4.69) is 50.5 Å². The van der Waals surface area contributed by atoms with Crippen LogP contribution < -0.4 is 5.32 Å². The number of anilines is 2. The first-order valence-electron chi connectivity index (χ1n) is 12.5. The summed E-state index contributed by atoms with van der Waals surface area (Å²) in [6.45, 7) is 3.56. The van der Waals surface area contributed by atoms with E-state index >= 15 is 0 Å². The molecule has 1 aliphatic heterocycles. The number of aromatic nitrogens is 3. The highest BCUT2D eigenvalue weighted by Crippen LogP contribution is 2.36. The van der Waals surface area contributed by atoms with Gasteiger partial charge in [0.05, 0.1) is 21.8 Å². The van der Waals surface area contributed by atoms with Crippen LogP contribution in [-0.2, 0) is 7.05 Å². The number of nitrogens with one attached hydrogen (secondary N) is 1. The summed E-state index contributed by atoms with van der Waals surface area (Å²) in [6, 6.07) is 14.2. The SMILES string of the molecule is Cn1ccnc1Sc1ccc(Nc2c(C#N)cnc3cc(C=CCCN4CCCCC4)ccc23)cc1Cl. The number of hydrogen-bond donors (Lipinski definition) is 1. The van der Waals surface area contributed by atoms with Crippen LogP contribution in [0.25, 0.3) is 17.0 Å². The van der Waals surface area contributed by atoms with Gasteiger partial charge in [-0.3, -0.25) is 4.98 Å². The molecule has 0 radical (unpaired) electrons. The fraction of sp³-hybridized carbons (Fsp3) is 0.276. The molecule has 2 aromatic carbocycles. The third-order valence-electron chi connectivity index (χ3n) is 6.56. The molecule has 0 spiro atoms. The van der Waals surface area contributed by atoms with Gasteiger partial charge >= 0.3 is 0 Å². The molecule has 2 aromatic heterocycles. The highest BCUT2D eigenvalue weighted by Gasteiger charge is 2.12. The average Bonchev–Trinajstić information content (AvgIpc) is 3.33. The summed E-state index contributed by atoms with van der Waals surface area (Å²) in [5.41, 5.74) is 3.97. The first kappa shape index (κ1) is 25.3. The van der Waals surface area contributed by atoms with E-state index in [9.17, 15) is 5.26 Å². The van der Waals surface area contributed by atoms with Gasteiger partial charge in [0.2, 0.25) is 0 Å². The lowest BCUT2D eigenvalue weighted by molar-refractivity contribution is 0.233.